The number of rotatable bonds is 5. The molecule has 2 N–H and O–H groups in total. The van der Waals surface area contributed by atoms with Crippen LogP contribution >= 0.6 is 0 Å². The lowest BCUT2D eigenvalue weighted by atomic mass is 10.1. The van der Waals surface area contributed by atoms with Gasteiger partial charge in [-0.15, -0.1) is 0 Å². The van der Waals surface area contributed by atoms with Gasteiger partial charge in [0.15, 0.2) is 0 Å². The molecular formula is C14H19N3O3. The van der Waals surface area contributed by atoms with Crippen LogP contribution in [0.4, 0.5) is 5.69 Å². The van der Waals surface area contributed by atoms with E-state index in [2.05, 4.69) is 10.6 Å². The SMILES string of the molecule is CCc1ccc(C(=O)NCC2CCCN2)cc1[N+](=O)[O-]. The molecule has 0 saturated carbocycles. The number of nitrogens with one attached hydrogen (secondary N) is 2. The molecule has 1 aromatic carbocycles. The van der Waals surface area contributed by atoms with E-state index in [0.717, 1.165) is 19.4 Å². The van der Waals surface area contributed by atoms with Crippen molar-refractivity contribution < 1.29 is 9.72 Å². The Kier molecular flexibility index (Phi) is 4.68. The molecule has 1 fully saturated rings. The van der Waals surface area contributed by atoms with E-state index >= 15 is 0 Å². The van der Waals surface area contributed by atoms with Gasteiger partial charge in [-0.25, -0.2) is 0 Å². The molecule has 0 aliphatic carbocycles. The van der Waals surface area contributed by atoms with Gasteiger partial charge in [0.25, 0.3) is 11.6 Å². The predicted octanol–water partition coefficient (Wildman–Crippen LogP) is 1.64. The number of benzene rings is 1. The number of nitrogens with zero attached hydrogens (tertiary/aromatic N) is 1. The summed E-state index contributed by atoms with van der Waals surface area (Å²) < 4.78 is 0. The Balaban J connectivity index is 2.05. The maximum absolute atomic E-state index is 12.0. The Morgan fingerprint density at radius 1 is 1.55 bits per heavy atom. The molecule has 0 bridgehead atoms. The van der Waals surface area contributed by atoms with Crippen molar-refractivity contribution in [3.63, 3.8) is 0 Å². The zero-order valence-electron chi connectivity index (χ0n) is 11.5. The van der Waals surface area contributed by atoms with Crippen LogP contribution in [0.25, 0.3) is 0 Å². The van der Waals surface area contributed by atoms with Crippen LogP contribution in [0.1, 0.15) is 35.7 Å². The first-order valence-corrected chi connectivity index (χ1v) is 6.90. The molecule has 0 radical (unpaired) electrons. The van der Waals surface area contributed by atoms with Crippen LogP contribution in [0, 0.1) is 10.1 Å². The quantitative estimate of drug-likeness (QED) is 0.633. The van der Waals surface area contributed by atoms with Crippen molar-refractivity contribution in [2.75, 3.05) is 13.1 Å². The van der Waals surface area contributed by atoms with E-state index in [0.29, 0.717) is 30.1 Å². The zero-order valence-corrected chi connectivity index (χ0v) is 11.5. The molecule has 0 spiro atoms. The molecule has 1 aromatic rings. The van der Waals surface area contributed by atoms with Crippen molar-refractivity contribution in [3.8, 4) is 0 Å². The Morgan fingerprint density at radius 3 is 2.95 bits per heavy atom. The highest BCUT2D eigenvalue weighted by Gasteiger charge is 2.18. The maximum atomic E-state index is 12.0. The molecule has 2 rings (SSSR count). The molecule has 1 aliphatic heterocycles. The summed E-state index contributed by atoms with van der Waals surface area (Å²) >= 11 is 0. The standard InChI is InChI=1S/C14H19N3O3/c1-2-10-5-6-11(8-13(10)17(19)20)14(18)16-9-12-4-3-7-15-12/h5-6,8,12,15H,2-4,7,9H2,1H3,(H,16,18). The van der Waals surface area contributed by atoms with Crippen LogP contribution in [0.5, 0.6) is 0 Å². The van der Waals surface area contributed by atoms with E-state index in [1.807, 2.05) is 6.92 Å². The van der Waals surface area contributed by atoms with Gasteiger partial charge in [-0.2, -0.15) is 0 Å². The lowest BCUT2D eigenvalue weighted by Crippen LogP contribution is -2.37. The van der Waals surface area contributed by atoms with Gasteiger partial charge in [0.05, 0.1) is 4.92 Å². The highest BCUT2D eigenvalue weighted by Crippen LogP contribution is 2.20. The van der Waals surface area contributed by atoms with Crippen LogP contribution in [-0.4, -0.2) is 30.0 Å². The molecule has 1 unspecified atom stereocenters. The van der Waals surface area contributed by atoms with Gasteiger partial charge in [-0.05, 0) is 31.9 Å². The number of carbonyl (C=O) groups is 1. The number of amides is 1. The molecule has 1 saturated heterocycles. The number of hydrogen-bond acceptors (Lipinski definition) is 4. The molecule has 108 valence electrons. The summed E-state index contributed by atoms with van der Waals surface area (Å²) in [5.41, 5.74) is 0.995. The van der Waals surface area contributed by atoms with E-state index in [9.17, 15) is 14.9 Å². The lowest BCUT2D eigenvalue weighted by molar-refractivity contribution is -0.385. The van der Waals surface area contributed by atoms with Gasteiger partial charge < -0.3 is 10.6 Å². The summed E-state index contributed by atoms with van der Waals surface area (Å²) in [6.07, 6.45) is 2.75. The van der Waals surface area contributed by atoms with E-state index in [1.54, 1.807) is 12.1 Å². The highest BCUT2D eigenvalue weighted by molar-refractivity contribution is 5.95. The summed E-state index contributed by atoms with van der Waals surface area (Å²) in [6, 6.07) is 4.96. The smallest absolute Gasteiger partial charge is 0.273 e. The number of nitro benzene ring substituents is 1. The molecule has 20 heavy (non-hydrogen) atoms. The first-order valence-electron chi connectivity index (χ1n) is 6.90. The summed E-state index contributed by atoms with van der Waals surface area (Å²) in [6.45, 7) is 3.40. The third-order valence-corrected chi connectivity index (χ3v) is 3.60. The Labute approximate surface area is 117 Å². The van der Waals surface area contributed by atoms with Crippen LogP contribution in [0.15, 0.2) is 18.2 Å². The minimum atomic E-state index is -0.436. The molecule has 6 nitrogen and oxygen atoms in total. The lowest BCUT2D eigenvalue weighted by Gasteiger charge is -2.11. The third kappa shape index (κ3) is 3.33. The summed E-state index contributed by atoms with van der Waals surface area (Å²) in [7, 11) is 0. The molecular weight excluding hydrogens is 258 g/mol. The fourth-order valence-electron chi connectivity index (χ4n) is 2.42. The van der Waals surface area contributed by atoms with Gasteiger partial charge in [0.2, 0.25) is 0 Å². The molecule has 0 aromatic heterocycles. The topological polar surface area (TPSA) is 84.3 Å². The van der Waals surface area contributed by atoms with E-state index in [1.165, 1.54) is 6.07 Å². The number of nitro groups is 1. The molecule has 6 heteroatoms. The summed E-state index contributed by atoms with van der Waals surface area (Å²) in [4.78, 5) is 22.6. The number of aryl methyl sites for hydroxylation is 1. The second-order valence-electron chi connectivity index (χ2n) is 4.96. The van der Waals surface area contributed by atoms with Crippen molar-refractivity contribution in [2.45, 2.75) is 32.2 Å². The van der Waals surface area contributed by atoms with Gasteiger partial charge in [-0.1, -0.05) is 13.0 Å². The predicted molar refractivity (Wildman–Crippen MR) is 75.8 cm³/mol. The fraction of sp³-hybridized carbons (Fsp3) is 0.500. The minimum absolute atomic E-state index is 0.0131. The Hall–Kier alpha value is -1.95. The van der Waals surface area contributed by atoms with Crippen molar-refractivity contribution in [2.24, 2.45) is 0 Å². The third-order valence-electron chi connectivity index (χ3n) is 3.60. The van der Waals surface area contributed by atoms with Crippen molar-refractivity contribution >= 4 is 11.6 Å². The van der Waals surface area contributed by atoms with E-state index in [4.69, 9.17) is 0 Å². The van der Waals surface area contributed by atoms with Crippen LogP contribution in [0.2, 0.25) is 0 Å². The van der Waals surface area contributed by atoms with Crippen molar-refractivity contribution in [3.05, 3.63) is 39.4 Å². The number of hydrogen-bond donors (Lipinski definition) is 2. The maximum Gasteiger partial charge on any atom is 0.273 e. The first kappa shape index (κ1) is 14.5. The Bertz CT molecular complexity index is 510. The van der Waals surface area contributed by atoms with E-state index < -0.39 is 4.92 Å². The summed E-state index contributed by atoms with van der Waals surface area (Å²) in [5, 5.41) is 17.1. The van der Waals surface area contributed by atoms with Crippen molar-refractivity contribution in [1.29, 1.82) is 0 Å². The largest absolute Gasteiger partial charge is 0.350 e. The van der Waals surface area contributed by atoms with Crippen LogP contribution < -0.4 is 10.6 Å². The Morgan fingerprint density at radius 2 is 2.35 bits per heavy atom. The van der Waals surface area contributed by atoms with Gasteiger partial charge in [0.1, 0.15) is 0 Å². The highest BCUT2D eigenvalue weighted by atomic mass is 16.6. The second kappa shape index (κ2) is 6.47. The van der Waals surface area contributed by atoms with Gasteiger partial charge >= 0.3 is 0 Å². The fourth-order valence-corrected chi connectivity index (χ4v) is 2.42. The van der Waals surface area contributed by atoms with Gasteiger partial charge in [-0.3, -0.25) is 14.9 Å². The number of carbonyl (C=O) groups excluding carboxylic acids is 1. The average molecular weight is 277 g/mol. The van der Waals surface area contributed by atoms with Crippen LogP contribution in [0.3, 0.4) is 0 Å². The molecule has 1 atom stereocenters. The summed E-state index contributed by atoms with van der Waals surface area (Å²) in [5.74, 6) is -0.260. The van der Waals surface area contributed by atoms with Crippen LogP contribution in [-0.2, 0) is 6.42 Å². The van der Waals surface area contributed by atoms with Gasteiger partial charge in [0, 0.05) is 29.8 Å². The average Bonchev–Trinajstić information content (AvgIpc) is 2.97. The second-order valence-corrected chi connectivity index (χ2v) is 4.96. The first-order chi connectivity index (χ1) is 9.61. The zero-order chi connectivity index (χ0) is 14.5. The molecule has 1 aliphatic rings. The monoisotopic (exact) mass is 277 g/mol. The molecule has 1 heterocycles. The normalized spacial score (nSPS) is 17.9. The van der Waals surface area contributed by atoms with Crippen molar-refractivity contribution in [1.82, 2.24) is 10.6 Å². The molecule has 1 amide bonds. The van der Waals surface area contributed by atoms with E-state index in [-0.39, 0.29) is 11.6 Å². The minimum Gasteiger partial charge on any atom is -0.350 e.